The summed E-state index contributed by atoms with van der Waals surface area (Å²) in [4.78, 5) is 19.1. The molecule has 116 valence electrons. The maximum absolute atomic E-state index is 11.3. The Labute approximate surface area is 123 Å². The van der Waals surface area contributed by atoms with Gasteiger partial charge in [0.05, 0.1) is 17.6 Å². The van der Waals surface area contributed by atoms with E-state index in [4.69, 9.17) is 9.47 Å². The summed E-state index contributed by atoms with van der Waals surface area (Å²) in [6.45, 7) is 5.19. The summed E-state index contributed by atoms with van der Waals surface area (Å²) in [5, 5.41) is 14.3. The Morgan fingerprint density at radius 1 is 1.48 bits per heavy atom. The van der Waals surface area contributed by atoms with Gasteiger partial charge in [0.25, 0.3) is 5.88 Å². The van der Waals surface area contributed by atoms with Gasteiger partial charge in [0, 0.05) is 19.6 Å². The van der Waals surface area contributed by atoms with Crippen LogP contribution in [-0.2, 0) is 11.2 Å². The van der Waals surface area contributed by atoms with E-state index in [0.29, 0.717) is 25.4 Å². The first-order valence-corrected chi connectivity index (χ1v) is 7.19. The molecule has 8 heteroatoms. The van der Waals surface area contributed by atoms with Crippen LogP contribution in [0.5, 0.6) is 5.88 Å². The van der Waals surface area contributed by atoms with Crippen LogP contribution < -0.4 is 10.1 Å². The lowest BCUT2D eigenvalue weighted by Gasteiger charge is -2.13. The first-order chi connectivity index (χ1) is 10.2. The summed E-state index contributed by atoms with van der Waals surface area (Å²) in [5.41, 5.74) is -0.216. The lowest BCUT2D eigenvalue weighted by Crippen LogP contribution is -2.20. The van der Waals surface area contributed by atoms with Crippen LogP contribution in [0.2, 0.25) is 0 Å². The highest BCUT2D eigenvalue weighted by Crippen LogP contribution is 2.32. The Bertz CT molecular complexity index is 503. The SMILES string of the molecule is CCOc1nc(CC)nc(NCC2CCCO2)c1[N+](=O)[O-]. The molecule has 2 rings (SSSR count). The minimum absolute atomic E-state index is 0.0178. The standard InChI is InChI=1S/C13H20N4O4/c1-3-10-15-12(14-8-9-6-5-7-21-9)11(17(18)19)13(16-10)20-4-2/h9H,3-8H2,1-2H3,(H,14,15,16). The highest BCUT2D eigenvalue weighted by molar-refractivity contribution is 5.61. The first-order valence-electron chi connectivity index (χ1n) is 7.19. The number of nitrogens with zero attached hydrogens (tertiary/aromatic N) is 3. The normalized spacial score (nSPS) is 17.7. The summed E-state index contributed by atoms with van der Waals surface area (Å²) >= 11 is 0. The van der Waals surface area contributed by atoms with Crippen molar-refractivity contribution >= 4 is 11.5 Å². The maximum Gasteiger partial charge on any atom is 0.372 e. The molecular formula is C13H20N4O4. The number of nitrogens with one attached hydrogen (secondary N) is 1. The van der Waals surface area contributed by atoms with Crippen LogP contribution >= 0.6 is 0 Å². The van der Waals surface area contributed by atoms with E-state index >= 15 is 0 Å². The molecule has 8 nitrogen and oxygen atoms in total. The molecule has 2 heterocycles. The Balaban J connectivity index is 2.26. The van der Waals surface area contributed by atoms with Crippen molar-refractivity contribution in [2.75, 3.05) is 25.1 Å². The molecule has 1 unspecified atom stereocenters. The molecule has 0 aromatic carbocycles. The van der Waals surface area contributed by atoms with E-state index in [1.807, 2.05) is 6.92 Å². The molecule has 1 aliphatic rings. The van der Waals surface area contributed by atoms with E-state index in [0.717, 1.165) is 19.4 Å². The second-order valence-electron chi connectivity index (χ2n) is 4.70. The first kappa shape index (κ1) is 15.4. The van der Waals surface area contributed by atoms with Crippen molar-refractivity contribution in [1.29, 1.82) is 0 Å². The fraction of sp³-hybridized carbons (Fsp3) is 0.692. The van der Waals surface area contributed by atoms with E-state index in [2.05, 4.69) is 15.3 Å². The van der Waals surface area contributed by atoms with Crippen molar-refractivity contribution in [3.8, 4) is 5.88 Å². The number of hydrogen-bond donors (Lipinski definition) is 1. The lowest BCUT2D eigenvalue weighted by atomic mass is 10.2. The van der Waals surface area contributed by atoms with Gasteiger partial charge in [0.2, 0.25) is 5.82 Å². The molecule has 1 N–H and O–H groups in total. The Kier molecular flexibility index (Phi) is 5.26. The van der Waals surface area contributed by atoms with E-state index in [9.17, 15) is 10.1 Å². The smallest absolute Gasteiger partial charge is 0.372 e. The van der Waals surface area contributed by atoms with Gasteiger partial charge in [-0.3, -0.25) is 10.1 Å². The predicted molar refractivity (Wildman–Crippen MR) is 76.7 cm³/mol. The summed E-state index contributed by atoms with van der Waals surface area (Å²) in [6, 6.07) is 0. The zero-order valence-corrected chi connectivity index (χ0v) is 12.3. The number of aromatic nitrogens is 2. The number of nitro groups is 1. The van der Waals surface area contributed by atoms with E-state index < -0.39 is 4.92 Å². The number of hydrogen-bond acceptors (Lipinski definition) is 7. The molecule has 1 aromatic rings. The predicted octanol–water partition coefficient (Wildman–Crippen LogP) is 1.94. The molecule has 0 amide bonds. The minimum Gasteiger partial charge on any atom is -0.473 e. The average Bonchev–Trinajstić information content (AvgIpc) is 2.97. The molecule has 0 radical (unpaired) electrons. The molecular weight excluding hydrogens is 276 g/mol. The van der Waals surface area contributed by atoms with Gasteiger partial charge in [0.1, 0.15) is 5.82 Å². The molecule has 0 bridgehead atoms. The van der Waals surface area contributed by atoms with E-state index in [1.54, 1.807) is 6.92 Å². The van der Waals surface area contributed by atoms with Gasteiger partial charge in [-0.2, -0.15) is 4.98 Å². The molecule has 0 aliphatic carbocycles. The summed E-state index contributed by atoms with van der Waals surface area (Å²) in [7, 11) is 0. The van der Waals surface area contributed by atoms with Crippen molar-refractivity contribution in [2.45, 2.75) is 39.2 Å². The summed E-state index contributed by atoms with van der Waals surface area (Å²) in [5.74, 6) is 0.730. The van der Waals surface area contributed by atoms with Crippen molar-refractivity contribution in [3.05, 3.63) is 15.9 Å². The number of aryl methyl sites for hydroxylation is 1. The zero-order chi connectivity index (χ0) is 15.2. The van der Waals surface area contributed by atoms with Crippen LogP contribution in [-0.4, -0.2) is 40.8 Å². The van der Waals surface area contributed by atoms with Gasteiger partial charge in [-0.1, -0.05) is 6.92 Å². The van der Waals surface area contributed by atoms with Crippen LogP contribution in [0.3, 0.4) is 0 Å². The third kappa shape index (κ3) is 3.78. The number of rotatable bonds is 7. The fourth-order valence-electron chi connectivity index (χ4n) is 2.18. The summed E-state index contributed by atoms with van der Waals surface area (Å²) < 4.78 is 10.8. The largest absolute Gasteiger partial charge is 0.473 e. The second kappa shape index (κ2) is 7.16. The quantitative estimate of drug-likeness (QED) is 0.606. The van der Waals surface area contributed by atoms with Gasteiger partial charge in [-0.25, -0.2) is 4.98 Å². The van der Waals surface area contributed by atoms with Gasteiger partial charge >= 0.3 is 5.69 Å². The second-order valence-corrected chi connectivity index (χ2v) is 4.70. The van der Waals surface area contributed by atoms with Gasteiger partial charge < -0.3 is 14.8 Å². The van der Waals surface area contributed by atoms with Gasteiger partial charge in [-0.15, -0.1) is 0 Å². The average molecular weight is 296 g/mol. The molecule has 1 aromatic heterocycles. The maximum atomic E-state index is 11.3. The van der Waals surface area contributed by atoms with Crippen molar-refractivity contribution < 1.29 is 14.4 Å². The topological polar surface area (TPSA) is 99.4 Å². The molecule has 0 saturated carbocycles. The Hall–Kier alpha value is -1.96. The third-order valence-electron chi connectivity index (χ3n) is 3.20. The molecule has 1 aliphatic heterocycles. The van der Waals surface area contributed by atoms with E-state index in [1.165, 1.54) is 0 Å². The Morgan fingerprint density at radius 2 is 2.29 bits per heavy atom. The minimum atomic E-state index is -0.512. The molecule has 21 heavy (non-hydrogen) atoms. The lowest BCUT2D eigenvalue weighted by molar-refractivity contribution is -0.385. The van der Waals surface area contributed by atoms with Crippen molar-refractivity contribution in [2.24, 2.45) is 0 Å². The van der Waals surface area contributed by atoms with Crippen LogP contribution in [0.25, 0.3) is 0 Å². The highest BCUT2D eigenvalue weighted by Gasteiger charge is 2.27. The Morgan fingerprint density at radius 3 is 2.86 bits per heavy atom. The van der Waals surface area contributed by atoms with Crippen molar-refractivity contribution in [1.82, 2.24) is 9.97 Å². The van der Waals surface area contributed by atoms with Gasteiger partial charge in [-0.05, 0) is 19.8 Å². The summed E-state index contributed by atoms with van der Waals surface area (Å²) in [6.07, 6.45) is 2.61. The van der Waals surface area contributed by atoms with Crippen LogP contribution in [0, 0.1) is 10.1 Å². The monoisotopic (exact) mass is 296 g/mol. The van der Waals surface area contributed by atoms with Crippen molar-refractivity contribution in [3.63, 3.8) is 0 Å². The highest BCUT2D eigenvalue weighted by atomic mass is 16.6. The van der Waals surface area contributed by atoms with Crippen LogP contribution in [0.1, 0.15) is 32.5 Å². The van der Waals surface area contributed by atoms with Crippen LogP contribution in [0.4, 0.5) is 11.5 Å². The molecule has 0 spiro atoms. The third-order valence-corrected chi connectivity index (χ3v) is 3.20. The van der Waals surface area contributed by atoms with Gasteiger partial charge in [0.15, 0.2) is 0 Å². The molecule has 1 fully saturated rings. The fourth-order valence-corrected chi connectivity index (χ4v) is 2.18. The number of anilines is 1. The van der Waals surface area contributed by atoms with E-state index in [-0.39, 0.29) is 23.5 Å². The molecule has 1 atom stereocenters. The molecule has 1 saturated heterocycles. The van der Waals surface area contributed by atoms with Crippen LogP contribution in [0.15, 0.2) is 0 Å². The number of ether oxygens (including phenoxy) is 2. The zero-order valence-electron chi connectivity index (χ0n) is 12.3.